The third-order valence-corrected chi connectivity index (χ3v) is 4.40. The first kappa shape index (κ1) is 15.3. The van der Waals surface area contributed by atoms with E-state index in [1.54, 1.807) is 0 Å². The predicted octanol–water partition coefficient (Wildman–Crippen LogP) is 3.20. The highest BCUT2D eigenvalue weighted by atomic mass is 35.5. The van der Waals surface area contributed by atoms with E-state index in [9.17, 15) is 0 Å². The van der Waals surface area contributed by atoms with E-state index >= 15 is 0 Å². The molecule has 2 aliphatic heterocycles. The Morgan fingerprint density at radius 3 is 2.65 bits per heavy atom. The van der Waals surface area contributed by atoms with Crippen molar-refractivity contribution in [3.05, 3.63) is 0 Å². The van der Waals surface area contributed by atoms with Crippen molar-refractivity contribution in [1.82, 2.24) is 10.2 Å². The number of hydrogen-bond donors (Lipinski definition) is 1. The Balaban J connectivity index is 0.00000144. The van der Waals surface area contributed by atoms with Crippen LogP contribution in [0.25, 0.3) is 0 Å². The molecule has 0 aromatic carbocycles. The molecule has 0 saturated carbocycles. The molecule has 17 heavy (non-hydrogen) atoms. The largest absolute Gasteiger partial charge is 0.314 e. The molecule has 2 heterocycles. The highest BCUT2D eigenvalue weighted by Crippen LogP contribution is 2.20. The van der Waals surface area contributed by atoms with Crippen LogP contribution in [0.15, 0.2) is 0 Å². The lowest BCUT2D eigenvalue weighted by atomic mass is 9.97. The summed E-state index contributed by atoms with van der Waals surface area (Å²) in [5.41, 5.74) is 0. The number of rotatable bonds is 4. The van der Waals surface area contributed by atoms with Crippen LogP contribution in [0.5, 0.6) is 0 Å². The van der Waals surface area contributed by atoms with Gasteiger partial charge < -0.3 is 10.2 Å². The van der Waals surface area contributed by atoms with E-state index in [1.807, 2.05) is 0 Å². The van der Waals surface area contributed by atoms with Crippen LogP contribution in [-0.2, 0) is 0 Å². The predicted molar refractivity (Wildman–Crippen MR) is 77.0 cm³/mol. The SMILES string of the molecule is CCC1CCCCN1CCC1CCCCN1.Cl. The van der Waals surface area contributed by atoms with Gasteiger partial charge in [-0.2, -0.15) is 0 Å². The van der Waals surface area contributed by atoms with Gasteiger partial charge >= 0.3 is 0 Å². The van der Waals surface area contributed by atoms with Crippen LogP contribution in [0.1, 0.15) is 58.3 Å². The van der Waals surface area contributed by atoms with Crippen LogP contribution < -0.4 is 5.32 Å². The third-order valence-electron chi connectivity index (χ3n) is 4.40. The standard InChI is InChI=1S/C14H28N2.ClH/c1-2-14-8-4-6-11-16(14)12-9-13-7-3-5-10-15-13;/h13-15H,2-12H2,1H3;1H. The average Bonchev–Trinajstić information content (AvgIpc) is 2.38. The third kappa shape index (κ3) is 4.76. The maximum Gasteiger partial charge on any atom is 0.00926 e. The Morgan fingerprint density at radius 1 is 1.12 bits per heavy atom. The number of halogens is 1. The molecule has 102 valence electrons. The second-order valence-electron chi connectivity index (χ2n) is 5.53. The van der Waals surface area contributed by atoms with Gasteiger partial charge in [-0.05, 0) is 58.2 Å². The van der Waals surface area contributed by atoms with Crippen LogP contribution in [0.4, 0.5) is 0 Å². The van der Waals surface area contributed by atoms with Gasteiger partial charge in [0.15, 0.2) is 0 Å². The zero-order valence-corrected chi connectivity index (χ0v) is 12.1. The van der Waals surface area contributed by atoms with E-state index in [1.165, 1.54) is 71.0 Å². The molecule has 0 aromatic heterocycles. The lowest BCUT2D eigenvalue weighted by Gasteiger charge is -2.36. The molecule has 2 aliphatic rings. The van der Waals surface area contributed by atoms with Gasteiger partial charge in [0.1, 0.15) is 0 Å². The van der Waals surface area contributed by atoms with Crippen LogP contribution in [0, 0.1) is 0 Å². The van der Waals surface area contributed by atoms with Gasteiger partial charge in [0.25, 0.3) is 0 Å². The number of hydrogen-bond acceptors (Lipinski definition) is 2. The van der Waals surface area contributed by atoms with Crippen LogP contribution >= 0.6 is 12.4 Å². The molecular weight excluding hydrogens is 232 g/mol. The Labute approximate surface area is 113 Å². The molecular formula is C14H29ClN2. The Hall–Kier alpha value is 0.210. The van der Waals surface area contributed by atoms with E-state index in [2.05, 4.69) is 17.1 Å². The molecule has 2 fully saturated rings. The molecule has 2 rings (SSSR count). The van der Waals surface area contributed by atoms with Crippen LogP contribution in [-0.4, -0.2) is 36.6 Å². The van der Waals surface area contributed by atoms with Crippen molar-refractivity contribution in [3.63, 3.8) is 0 Å². The van der Waals surface area contributed by atoms with Crippen molar-refractivity contribution in [2.45, 2.75) is 70.4 Å². The topological polar surface area (TPSA) is 15.3 Å². The second kappa shape index (κ2) is 8.34. The quantitative estimate of drug-likeness (QED) is 0.835. The first-order valence-electron chi connectivity index (χ1n) is 7.37. The molecule has 2 saturated heterocycles. The molecule has 0 aliphatic carbocycles. The second-order valence-corrected chi connectivity index (χ2v) is 5.53. The molecule has 2 atom stereocenters. The van der Waals surface area contributed by atoms with Crippen molar-refractivity contribution < 1.29 is 0 Å². The van der Waals surface area contributed by atoms with Crippen LogP contribution in [0.2, 0.25) is 0 Å². The van der Waals surface area contributed by atoms with Gasteiger partial charge in [-0.1, -0.05) is 19.8 Å². The van der Waals surface area contributed by atoms with Gasteiger partial charge in [-0.3, -0.25) is 0 Å². The molecule has 0 radical (unpaired) electrons. The summed E-state index contributed by atoms with van der Waals surface area (Å²) in [7, 11) is 0. The first-order valence-corrected chi connectivity index (χ1v) is 7.37. The van der Waals surface area contributed by atoms with E-state index < -0.39 is 0 Å². The molecule has 0 aromatic rings. The summed E-state index contributed by atoms with van der Waals surface area (Å²) in [5, 5.41) is 3.66. The van der Waals surface area contributed by atoms with Crippen molar-refractivity contribution >= 4 is 12.4 Å². The molecule has 0 bridgehead atoms. The van der Waals surface area contributed by atoms with Crippen molar-refractivity contribution in [3.8, 4) is 0 Å². The normalized spacial score (nSPS) is 30.9. The molecule has 3 heteroatoms. The van der Waals surface area contributed by atoms with Gasteiger partial charge in [0.2, 0.25) is 0 Å². The van der Waals surface area contributed by atoms with Crippen molar-refractivity contribution in [2.75, 3.05) is 19.6 Å². The Morgan fingerprint density at radius 2 is 1.94 bits per heavy atom. The smallest absolute Gasteiger partial charge is 0.00926 e. The van der Waals surface area contributed by atoms with Gasteiger partial charge in [0.05, 0.1) is 0 Å². The summed E-state index contributed by atoms with van der Waals surface area (Å²) in [6.45, 7) is 6.28. The van der Waals surface area contributed by atoms with Gasteiger partial charge in [-0.15, -0.1) is 12.4 Å². The average molecular weight is 261 g/mol. The van der Waals surface area contributed by atoms with E-state index in [-0.39, 0.29) is 12.4 Å². The van der Waals surface area contributed by atoms with Crippen LogP contribution in [0.3, 0.4) is 0 Å². The van der Waals surface area contributed by atoms with E-state index in [4.69, 9.17) is 0 Å². The number of nitrogens with one attached hydrogen (secondary N) is 1. The fourth-order valence-electron chi connectivity index (χ4n) is 3.31. The summed E-state index contributed by atoms with van der Waals surface area (Å²) < 4.78 is 0. The minimum atomic E-state index is 0. The summed E-state index contributed by atoms with van der Waals surface area (Å²) in [6, 6.07) is 1.70. The number of nitrogens with zero attached hydrogens (tertiary/aromatic N) is 1. The monoisotopic (exact) mass is 260 g/mol. The first-order chi connectivity index (χ1) is 7.90. The zero-order valence-electron chi connectivity index (χ0n) is 11.3. The molecule has 0 spiro atoms. The summed E-state index contributed by atoms with van der Waals surface area (Å²) in [4.78, 5) is 2.75. The van der Waals surface area contributed by atoms with E-state index in [0.29, 0.717) is 0 Å². The maximum atomic E-state index is 3.66. The fraction of sp³-hybridized carbons (Fsp3) is 1.00. The lowest BCUT2D eigenvalue weighted by molar-refractivity contribution is 0.135. The number of piperidine rings is 2. The summed E-state index contributed by atoms with van der Waals surface area (Å²) in [5.74, 6) is 0. The minimum Gasteiger partial charge on any atom is -0.314 e. The van der Waals surface area contributed by atoms with Crippen molar-refractivity contribution in [2.24, 2.45) is 0 Å². The highest BCUT2D eigenvalue weighted by molar-refractivity contribution is 5.85. The molecule has 2 nitrogen and oxygen atoms in total. The van der Waals surface area contributed by atoms with Gasteiger partial charge in [-0.25, -0.2) is 0 Å². The Bertz CT molecular complexity index is 193. The van der Waals surface area contributed by atoms with Gasteiger partial charge in [0, 0.05) is 12.1 Å². The fourth-order valence-corrected chi connectivity index (χ4v) is 3.31. The lowest BCUT2D eigenvalue weighted by Crippen LogP contribution is -2.43. The molecule has 0 amide bonds. The highest BCUT2D eigenvalue weighted by Gasteiger charge is 2.21. The molecule has 2 unspecified atom stereocenters. The summed E-state index contributed by atoms with van der Waals surface area (Å²) in [6.07, 6.45) is 11.3. The summed E-state index contributed by atoms with van der Waals surface area (Å²) >= 11 is 0. The number of likely N-dealkylation sites (tertiary alicyclic amines) is 1. The zero-order chi connectivity index (χ0) is 11.2. The molecule has 1 N–H and O–H groups in total. The Kier molecular flexibility index (Phi) is 7.49. The minimum absolute atomic E-state index is 0. The maximum absolute atomic E-state index is 3.66. The van der Waals surface area contributed by atoms with E-state index in [0.717, 1.165) is 12.1 Å². The van der Waals surface area contributed by atoms with Crippen molar-refractivity contribution in [1.29, 1.82) is 0 Å².